The SMILES string of the molecule is COc1ccc(C)cc1-c1ccc(C#N)c(N(C)C)n1. The monoisotopic (exact) mass is 267 g/mol. The van der Waals surface area contributed by atoms with Gasteiger partial charge in [0.1, 0.15) is 17.6 Å². The Morgan fingerprint density at radius 2 is 1.95 bits per heavy atom. The van der Waals surface area contributed by atoms with Crippen molar-refractivity contribution in [2.75, 3.05) is 26.1 Å². The first kappa shape index (κ1) is 13.9. The zero-order valence-electron chi connectivity index (χ0n) is 12.1. The number of nitriles is 1. The Morgan fingerprint density at radius 3 is 2.55 bits per heavy atom. The molecule has 1 aromatic heterocycles. The molecule has 0 aliphatic heterocycles. The summed E-state index contributed by atoms with van der Waals surface area (Å²) in [6.45, 7) is 2.03. The minimum atomic E-state index is 0.561. The molecule has 4 nitrogen and oxygen atoms in total. The molecule has 0 atom stereocenters. The molecule has 0 saturated carbocycles. The molecule has 20 heavy (non-hydrogen) atoms. The summed E-state index contributed by atoms with van der Waals surface area (Å²) in [5.74, 6) is 1.44. The minimum Gasteiger partial charge on any atom is -0.496 e. The maximum absolute atomic E-state index is 9.13. The molecule has 0 fully saturated rings. The Kier molecular flexibility index (Phi) is 3.90. The lowest BCUT2D eigenvalue weighted by Crippen LogP contribution is -2.12. The van der Waals surface area contributed by atoms with Gasteiger partial charge in [-0.2, -0.15) is 5.26 Å². The predicted octanol–water partition coefficient (Wildman–Crippen LogP) is 3.00. The molecule has 0 aliphatic carbocycles. The van der Waals surface area contributed by atoms with Gasteiger partial charge in [-0.05, 0) is 31.2 Å². The van der Waals surface area contributed by atoms with Crippen LogP contribution in [0.2, 0.25) is 0 Å². The van der Waals surface area contributed by atoms with Crippen LogP contribution in [-0.4, -0.2) is 26.2 Å². The molecular weight excluding hydrogens is 250 g/mol. The van der Waals surface area contributed by atoms with Crippen LogP contribution in [0.25, 0.3) is 11.3 Å². The molecule has 0 bridgehead atoms. The van der Waals surface area contributed by atoms with Crippen molar-refractivity contribution in [3.8, 4) is 23.1 Å². The predicted molar refractivity (Wildman–Crippen MR) is 80.0 cm³/mol. The van der Waals surface area contributed by atoms with Gasteiger partial charge in [0.15, 0.2) is 0 Å². The van der Waals surface area contributed by atoms with E-state index in [4.69, 9.17) is 10.00 Å². The first-order valence-electron chi connectivity index (χ1n) is 6.30. The van der Waals surface area contributed by atoms with Gasteiger partial charge in [0.05, 0.1) is 18.4 Å². The van der Waals surface area contributed by atoms with Crippen molar-refractivity contribution in [3.63, 3.8) is 0 Å². The lowest BCUT2D eigenvalue weighted by molar-refractivity contribution is 0.416. The van der Waals surface area contributed by atoms with Crippen LogP contribution >= 0.6 is 0 Å². The Balaban J connectivity index is 2.62. The zero-order valence-corrected chi connectivity index (χ0v) is 12.1. The number of nitrogens with zero attached hydrogens (tertiary/aromatic N) is 3. The lowest BCUT2D eigenvalue weighted by atomic mass is 10.1. The van der Waals surface area contributed by atoms with Crippen LogP contribution in [-0.2, 0) is 0 Å². The van der Waals surface area contributed by atoms with Gasteiger partial charge in [-0.25, -0.2) is 4.98 Å². The van der Waals surface area contributed by atoms with E-state index in [1.807, 2.05) is 50.2 Å². The van der Waals surface area contributed by atoms with Crippen molar-refractivity contribution in [1.29, 1.82) is 5.26 Å². The van der Waals surface area contributed by atoms with Crippen LogP contribution in [0.4, 0.5) is 5.82 Å². The Bertz CT molecular complexity index is 672. The fraction of sp³-hybridized carbons (Fsp3) is 0.250. The molecule has 0 saturated heterocycles. The Hall–Kier alpha value is -2.54. The zero-order chi connectivity index (χ0) is 14.7. The third-order valence-corrected chi connectivity index (χ3v) is 3.05. The smallest absolute Gasteiger partial charge is 0.146 e. The Labute approximate surface area is 119 Å². The first-order valence-corrected chi connectivity index (χ1v) is 6.30. The van der Waals surface area contributed by atoms with Crippen molar-refractivity contribution in [3.05, 3.63) is 41.5 Å². The van der Waals surface area contributed by atoms with Crippen LogP contribution in [0.1, 0.15) is 11.1 Å². The number of hydrogen-bond acceptors (Lipinski definition) is 4. The van der Waals surface area contributed by atoms with Gasteiger partial charge < -0.3 is 9.64 Å². The maximum Gasteiger partial charge on any atom is 0.146 e. The van der Waals surface area contributed by atoms with Crippen molar-refractivity contribution < 1.29 is 4.74 Å². The van der Waals surface area contributed by atoms with Crippen LogP contribution in [0.5, 0.6) is 5.75 Å². The molecule has 1 heterocycles. The molecule has 0 aliphatic rings. The summed E-state index contributed by atoms with van der Waals surface area (Å²) >= 11 is 0. The number of aromatic nitrogens is 1. The van der Waals surface area contributed by atoms with Crippen LogP contribution in [0.15, 0.2) is 30.3 Å². The summed E-state index contributed by atoms with van der Waals surface area (Å²) in [4.78, 5) is 6.42. The topological polar surface area (TPSA) is 49.1 Å². The number of pyridine rings is 1. The van der Waals surface area contributed by atoms with Crippen LogP contribution < -0.4 is 9.64 Å². The number of hydrogen-bond donors (Lipinski definition) is 0. The van der Waals surface area contributed by atoms with Gasteiger partial charge in [0, 0.05) is 19.7 Å². The molecular formula is C16H17N3O. The molecule has 0 unspecified atom stereocenters. The molecule has 1 aromatic carbocycles. The first-order chi connectivity index (χ1) is 9.56. The number of ether oxygens (including phenoxy) is 1. The largest absolute Gasteiger partial charge is 0.496 e. The quantitative estimate of drug-likeness (QED) is 0.857. The van der Waals surface area contributed by atoms with E-state index in [0.717, 1.165) is 22.6 Å². The van der Waals surface area contributed by atoms with Crippen LogP contribution in [0, 0.1) is 18.3 Å². The minimum absolute atomic E-state index is 0.561. The third kappa shape index (κ3) is 2.57. The van der Waals surface area contributed by atoms with Gasteiger partial charge in [-0.3, -0.25) is 0 Å². The second kappa shape index (κ2) is 5.62. The molecule has 102 valence electrons. The number of aryl methyl sites for hydroxylation is 1. The van der Waals surface area contributed by atoms with Crippen molar-refractivity contribution in [1.82, 2.24) is 4.98 Å². The highest BCUT2D eigenvalue weighted by Crippen LogP contribution is 2.31. The molecule has 0 N–H and O–H groups in total. The number of benzene rings is 1. The molecule has 0 radical (unpaired) electrons. The molecule has 0 spiro atoms. The summed E-state index contributed by atoms with van der Waals surface area (Å²) < 4.78 is 5.39. The van der Waals surface area contributed by atoms with Gasteiger partial charge in [0.2, 0.25) is 0 Å². The number of methoxy groups -OCH3 is 1. The maximum atomic E-state index is 9.13. The van der Waals surface area contributed by atoms with Gasteiger partial charge in [-0.1, -0.05) is 11.6 Å². The number of rotatable bonds is 3. The molecule has 2 rings (SSSR count). The summed E-state index contributed by atoms with van der Waals surface area (Å²) in [5, 5.41) is 9.13. The van der Waals surface area contributed by atoms with Gasteiger partial charge >= 0.3 is 0 Å². The van der Waals surface area contributed by atoms with Crippen molar-refractivity contribution >= 4 is 5.82 Å². The highest BCUT2D eigenvalue weighted by molar-refractivity contribution is 5.71. The fourth-order valence-electron chi connectivity index (χ4n) is 2.05. The molecule has 4 heteroatoms. The van der Waals surface area contributed by atoms with Crippen LogP contribution in [0.3, 0.4) is 0 Å². The van der Waals surface area contributed by atoms with Gasteiger partial charge in [0.25, 0.3) is 0 Å². The molecule has 2 aromatic rings. The average Bonchev–Trinajstić information content (AvgIpc) is 2.46. The van der Waals surface area contributed by atoms with Gasteiger partial charge in [-0.15, -0.1) is 0 Å². The molecule has 0 amide bonds. The van der Waals surface area contributed by atoms with Crippen molar-refractivity contribution in [2.24, 2.45) is 0 Å². The van der Waals surface area contributed by atoms with E-state index in [2.05, 4.69) is 11.1 Å². The second-order valence-corrected chi connectivity index (χ2v) is 4.78. The summed E-state index contributed by atoms with van der Waals surface area (Å²) in [5.41, 5.74) is 3.43. The van der Waals surface area contributed by atoms with Crippen molar-refractivity contribution in [2.45, 2.75) is 6.92 Å². The lowest BCUT2D eigenvalue weighted by Gasteiger charge is -2.15. The summed E-state index contributed by atoms with van der Waals surface area (Å²) in [7, 11) is 5.39. The van der Waals surface area contributed by atoms with E-state index < -0.39 is 0 Å². The fourth-order valence-corrected chi connectivity index (χ4v) is 2.05. The highest BCUT2D eigenvalue weighted by Gasteiger charge is 2.12. The number of anilines is 1. The van der Waals surface area contributed by atoms with E-state index in [0.29, 0.717) is 11.4 Å². The second-order valence-electron chi connectivity index (χ2n) is 4.78. The van der Waals surface area contributed by atoms with E-state index >= 15 is 0 Å². The van der Waals surface area contributed by atoms with E-state index in [1.165, 1.54) is 0 Å². The van der Waals surface area contributed by atoms with E-state index in [-0.39, 0.29) is 0 Å². The average molecular weight is 267 g/mol. The standard InChI is InChI=1S/C16H17N3O/c1-11-5-8-15(20-4)13(9-11)14-7-6-12(10-17)16(18-14)19(2)3/h5-9H,1-4H3. The van der Waals surface area contributed by atoms with E-state index in [1.54, 1.807) is 13.2 Å². The Morgan fingerprint density at radius 1 is 1.20 bits per heavy atom. The summed E-state index contributed by atoms with van der Waals surface area (Å²) in [6, 6.07) is 11.8. The normalized spacial score (nSPS) is 9.95. The highest BCUT2D eigenvalue weighted by atomic mass is 16.5. The van der Waals surface area contributed by atoms with E-state index in [9.17, 15) is 0 Å². The summed E-state index contributed by atoms with van der Waals surface area (Å²) in [6.07, 6.45) is 0. The third-order valence-electron chi connectivity index (χ3n) is 3.05.